The standard InChI is InChI=1S/C44H44ClN3O12/c1-22-41(53)47-36-27(17-26(55-6)18-31(36)57-22)42(54)58-33-21-56-35(50)19-29(46)24-15-28(45)39(30(49)16-24)59-34-11-7-9-23(33)12-13-25-10-8-14-44(25,34)20-32-37(51)38(52)40(48(4)5)43(2,3)60-32/h8-10,14-18,29,32-34,37-38,40,49,51-52H,1,19-21,46H2,2-6H3,(H,47,53)/b23-9+/t29-,32-,33?,34+,37-,38+,40?,44?/m0/s1. The molecule has 60 heavy (non-hydrogen) atoms. The number of likely N-dealkylation sites (N-methyl/N-ethyl adjacent to an activating group) is 1. The first-order valence-corrected chi connectivity index (χ1v) is 19.3. The average Bonchev–Trinajstić information content (AvgIpc) is 3.60. The fraction of sp³-hybridized carbons (Fsp3) is 0.386. The zero-order valence-electron chi connectivity index (χ0n) is 33.4. The summed E-state index contributed by atoms with van der Waals surface area (Å²) in [4.78, 5) is 41.7. The van der Waals surface area contributed by atoms with E-state index in [2.05, 4.69) is 35.6 Å². The highest BCUT2D eigenvalue weighted by atomic mass is 35.5. The minimum atomic E-state index is -1.37. The molecule has 8 rings (SSSR count). The Kier molecular flexibility index (Phi) is 11.5. The lowest BCUT2D eigenvalue weighted by atomic mass is 9.70. The van der Waals surface area contributed by atoms with Crippen LogP contribution in [0.3, 0.4) is 0 Å². The molecular weight excluding hydrogens is 798 g/mol. The average molecular weight is 842 g/mol. The van der Waals surface area contributed by atoms with Gasteiger partial charge in [0.15, 0.2) is 35.2 Å². The number of carbonyl (C=O) groups is 3. The van der Waals surface area contributed by atoms with Crippen LogP contribution in [0.1, 0.15) is 48.7 Å². The summed E-state index contributed by atoms with van der Waals surface area (Å²) in [7, 11) is 4.96. The number of aliphatic hydroxyl groups is 2. The number of hydrogen-bond acceptors (Lipinski definition) is 14. The quantitative estimate of drug-likeness (QED) is 0.160. The molecule has 314 valence electrons. The first-order valence-electron chi connectivity index (χ1n) is 19.0. The summed E-state index contributed by atoms with van der Waals surface area (Å²) in [6.45, 7) is 6.70. The predicted octanol–water partition coefficient (Wildman–Crippen LogP) is 3.47. The number of nitrogens with one attached hydrogen (secondary N) is 1. The second-order valence-electron chi connectivity index (χ2n) is 15.7. The number of allylic oxidation sites excluding steroid dienone is 3. The SMILES string of the molecule is C=C1Oc2cc(OC)cc(C(=O)OC3COC(=O)C[C@H](N)c4cc(O)c(c(Cl)c4)O[C@@H]4C#C/C=C/3C#CC3=CC=CC34C[C@@H]3OC(C)(C)C(N(C)C)[C@H](O)[C@H]3O)c2NC1=O. The molecule has 0 saturated carbocycles. The van der Waals surface area contributed by atoms with Gasteiger partial charge in [0.25, 0.3) is 5.91 Å². The van der Waals surface area contributed by atoms with Crippen molar-refractivity contribution < 1.29 is 58.1 Å². The number of nitrogens with two attached hydrogens (primary N) is 1. The van der Waals surface area contributed by atoms with Crippen LogP contribution in [-0.2, 0) is 23.8 Å². The predicted molar refractivity (Wildman–Crippen MR) is 217 cm³/mol. The van der Waals surface area contributed by atoms with Crippen molar-refractivity contribution in [1.82, 2.24) is 4.90 Å². The third kappa shape index (κ3) is 7.96. The van der Waals surface area contributed by atoms with Crippen LogP contribution in [0.5, 0.6) is 23.0 Å². The molecule has 2 aromatic carbocycles. The molecule has 8 atom stereocenters. The molecule has 16 heteroatoms. The normalized spacial score (nSPS) is 29.9. The Balaban J connectivity index is 1.34. The number of aromatic hydroxyl groups is 1. The number of ether oxygens (including phenoxy) is 6. The van der Waals surface area contributed by atoms with E-state index in [1.54, 1.807) is 37.2 Å². The smallest absolute Gasteiger partial charge is 0.341 e. The molecule has 2 aromatic rings. The van der Waals surface area contributed by atoms with Crippen molar-refractivity contribution in [1.29, 1.82) is 0 Å². The number of carbonyl (C=O) groups excluding carboxylic acids is 3. The molecule has 2 aliphatic carbocycles. The molecule has 3 unspecified atom stereocenters. The van der Waals surface area contributed by atoms with Crippen molar-refractivity contribution in [2.75, 3.05) is 33.1 Å². The van der Waals surface area contributed by atoms with Gasteiger partial charge in [0, 0.05) is 23.8 Å². The van der Waals surface area contributed by atoms with Crippen LogP contribution in [0.25, 0.3) is 0 Å². The monoisotopic (exact) mass is 841 g/mol. The number of amides is 1. The molecule has 0 spiro atoms. The van der Waals surface area contributed by atoms with Gasteiger partial charge >= 0.3 is 11.9 Å². The second-order valence-corrected chi connectivity index (χ2v) is 16.1. The van der Waals surface area contributed by atoms with E-state index < -0.39 is 78.1 Å². The molecule has 4 aliphatic heterocycles. The number of halogens is 1. The molecule has 4 bridgehead atoms. The lowest BCUT2D eigenvalue weighted by Gasteiger charge is -2.52. The molecular formula is C44H44ClN3O12. The zero-order chi connectivity index (χ0) is 43.3. The third-order valence-electron chi connectivity index (χ3n) is 11.1. The molecule has 1 saturated heterocycles. The topological polar surface area (TPSA) is 209 Å². The fourth-order valence-electron chi connectivity index (χ4n) is 8.20. The molecule has 6 aliphatic rings. The van der Waals surface area contributed by atoms with Crippen molar-refractivity contribution in [2.45, 2.75) is 74.9 Å². The third-order valence-corrected chi connectivity index (χ3v) is 11.4. The Morgan fingerprint density at radius 2 is 1.92 bits per heavy atom. The van der Waals surface area contributed by atoms with Crippen molar-refractivity contribution >= 4 is 35.1 Å². The van der Waals surface area contributed by atoms with E-state index in [0.29, 0.717) is 11.1 Å². The van der Waals surface area contributed by atoms with E-state index in [-0.39, 0.29) is 63.4 Å². The Labute approximate surface area is 351 Å². The number of phenols is 1. The van der Waals surface area contributed by atoms with Gasteiger partial charge in [0.2, 0.25) is 0 Å². The van der Waals surface area contributed by atoms with Gasteiger partial charge < -0.3 is 59.7 Å². The van der Waals surface area contributed by atoms with Crippen LogP contribution < -0.4 is 25.3 Å². The maximum absolute atomic E-state index is 14.1. The second kappa shape index (κ2) is 16.3. The van der Waals surface area contributed by atoms with E-state index in [1.807, 2.05) is 13.8 Å². The Hall–Kier alpha value is -5.78. The molecule has 6 N–H and O–H groups in total. The number of fused-ring (bicyclic) bond motifs is 9. The minimum absolute atomic E-state index is 0.000532. The first kappa shape index (κ1) is 42.3. The van der Waals surface area contributed by atoms with Crippen LogP contribution >= 0.6 is 11.6 Å². The molecule has 0 aromatic heterocycles. The van der Waals surface area contributed by atoms with E-state index in [4.69, 9.17) is 45.8 Å². The van der Waals surface area contributed by atoms with Crippen LogP contribution in [-0.4, -0.2) is 108 Å². The number of hydrogen-bond donors (Lipinski definition) is 5. The van der Waals surface area contributed by atoms with Crippen molar-refractivity contribution in [2.24, 2.45) is 11.1 Å². The summed E-state index contributed by atoms with van der Waals surface area (Å²) in [5, 5.41) is 36.9. The number of anilines is 1. The minimum Gasteiger partial charge on any atom is -0.504 e. The van der Waals surface area contributed by atoms with E-state index >= 15 is 0 Å². The summed E-state index contributed by atoms with van der Waals surface area (Å²) < 4.78 is 35.7. The summed E-state index contributed by atoms with van der Waals surface area (Å²) in [5.41, 5.74) is 4.85. The Morgan fingerprint density at radius 1 is 1.15 bits per heavy atom. The number of esters is 2. The lowest BCUT2D eigenvalue weighted by molar-refractivity contribution is -0.241. The van der Waals surface area contributed by atoms with Gasteiger partial charge in [-0.2, -0.15) is 0 Å². The van der Waals surface area contributed by atoms with Crippen LogP contribution in [0.4, 0.5) is 5.69 Å². The molecule has 15 nitrogen and oxygen atoms in total. The maximum Gasteiger partial charge on any atom is 0.341 e. The van der Waals surface area contributed by atoms with E-state index in [1.165, 1.54) is 37.5 Å². The maximum atomic E-state index is 14.1. The largest absolute Gasteiger partial charge is 0.504 e. The molecule has 4 heterocycles. The van der Waals surface area contributed by atoms with Crippen LogP contribution in [0, 0.1) is 29.1 Å². The molecule has 1 fully saturated rings. The highest BCUT2D eigenvalue weighted by molar-refractivity contribution is 6.32. The Bertz CT molecular complexity index is 2360. The van der Waals surface area contributed by atoms with Crippen LogP contribution in [0.2, 0.25) is 5.02 Å². The molecule has 1 amide bonds. The fourth-order valence-corrected chi connectivity index (χ4v) is 8.47. The summed E-state index contributed by atoms with van der Waals surface area (Å²) in [6, 6.07) is 4.04. The zero-order valence-corrected chi connectivity index (χ0v) is 34.2. The highest BCUT2D eigenvalue weighted by Gasteiger charge is 2.54. The van der Waals surface area contributed by atoms with Crippen LogP contribution in [0.15, 0.2) is 72.1 Å². The van der Waals surface area contributed by atoms with Crippen molar-refractivity contribution in [3.05, 3.63) is 88.2 Å². The van der Waals surface area contributed by atoms with Gasteiger partial charge in [-0.25, -0.2) is 4.79 Å². The summed E-state index contributed by atoms with van der Waals surface area (Å²) in [6.07, 6.45) is 0.184. The number of phenolic OH excluding ortho intramolecular Hbond substituents is 1. The number of benzene rings is 2. The Morgan fingerprint density at radius 3 is 2.63 bits per heavy atom. The van der Waals surface area contributed by atoms with Crippen molar-refractivity contribution in [3.63, 3.8) is 0 Å². The van der Waals surface area contributed by atoms with E-state index in [9.17, 15) is 29.7 Å². The highest BCUT2D eigenvalue weighted by Crippen LogP contribution is 2.49. The van der Waals surface area contributed by atoms with Gasteiger partial charge in [0.1, 0.15) is 24.6 Å². The van der Waals surface area contributed by atoms with Gasteiger partial charge in [-0.15, -0.1) is 0 Å². The summed E-state index contributed by atoms with van der Waals surface area (Å²) in [5.74, 6) is 9.47. The lowest BCUT2D eigenvalue weighted by Crippen LogP contribution is -2.67. The number of rotatable bonds is 6. The van der Waals surface area contributed by atoms with Gasteiger partial charge in [-0.3, -0.25) is 9.59 Å². The number of nitrogens with zero attached hydrogens (tertiary/aromatic N) is 1. The van der Waals surface area contributed by atoms with Crippen molar-refractivity contribution in [3.8, 4) is 46.7 Å². The number of methoxy groups -OCH3 is 1. The number of aliphatic hydroxyl groups excluding tert-OH is 2. The summed E-state index contributed by atoms with van der Waals surface area (Å²) >= 11 is 6.74. The molecule has 0 radical (unpaired) electrons. The van der Waals surface area contributed by atoms with Gasteiger partial charge in [-0.05, 0) is 64.2 Å². The van der Waals surface area contributed by atoms with E-state index in [0.717, 1.165) is 0 Å². The van der Waals surface area contributed by atoms with Gasteiger partial charge in [-0.1, -0.05) is 54.0 Å². The first-order chi connectivity index (χ1) is 28.4. The van der Waals surface area contributed by atoms with Gasteiger partial charge in [0.05, 0.1) is 58.5 Å².